The second-order valence-electron chi connectivity index (χ2n) is 4.74. The summed E-state index contributed by atoms with van der Waals surface area (Å²) in [5.74, 6) is 0.745. The van der Waals surface area contributed by atoms with E-state index in [-0.39, 0.29) is 5.54 Å². The Bertz CT molecular complexity index is 267. The third kappa shape index (κ3) is 3.92. The van der Waals surface area contributed by atoms with Crippen molar-refractivity contribution in [3.05, 3.63) is 16.6 Å². The standard InChI is InChI=1S/C12H22N2S/c1-5-6-10(2)9-14-12(3,4)11-13-7-8-15-11/h7-8,10,14H,5-6,9H2,1-4H3. The number of hydrogen-bond donors (Lipinski definition) is 1. The van der Waals surface area contributed by atoms with Crippen molar-refractivity contribution < 1.29 is 0 Å². The highest BCUT2D eigenvalue weighted by atomic mass is 32.1. The van der Waals surface area contributed by atoms with Crippen LogP contribution in [0.4, 0.5) is 0 Å². The van der Waals surface area contributed by atoms with Crippen LogP contribution in [0.15, 0.2) is 11.6 Å². The van der Waals surface area contributed by atoms with Crippen LogP contribution in [-0.2, 0) is 5.54 Å². The quantitative estimate of drug-likeness (QED) is 0.804. The second kappa shape index (κ2) is 5.61. The van der Waals surface area contributed by atoms with Gasteiger partial charge in [0.25, 0.3) is 0 Å². The summed E-state index contributed by atoms with van der Waals surface area (Å²) in [5, 5.41) is 6.80. The molecule has 0 aliphatic carbocycles. The molecule has 1 aromatic rings. The first-order chi connectivity index (χ1) is 7.06. The number of thiazole rings is 1. The minimum atomic E-state index is 0.0101. The Balaban J connectivity index is 2.43. The number of hydrogen-bond acceptors (Lipinski definition) is 3. The van der Waals surface area contributed by atoms with Gasteiger partial charge in [0.05, 0.1) is 5.54 Å². The molecule has 0 fully saturated rings. The molecule has 1 aromatic heterocycles. The SMILES string of the molecule is CCCC(C)CNC(C)(C)c1nccs1. The smallest absolute Gasteiger partial charge is 0.112 e. The van der Waals surface area contributed by atoms with E-state index in [1.54, 1.807) is 11.3 Å². The van der Waals surface area contributed by atoms with Gasteiger partial charge in [0.15, 0.2) is 0 Å². The van der Waals surface area contributed by atoms with E-state index < -0.39 is 0 Å². The summed E-state index contributed by atoms with van der Waals surface area (Å²) in [6.45, 7) is 10.0. The molecule has 1 heterocycles. The molecule has 0 bridgehead atoms. The van der Waals surface area contributed by atoms with Crippen molar-refractivity contribution in [3.63, 3.8) is 0 Å². The predicted molar refractivity (Wildman–Crippen MR) is 67.2 cm³/mol. The molecule has 0 saturated carbocycles. The van der Waals surface area contributed by atoms with Crippen LogP contribution in [0.3, 0.4) is 0 Å². The number of nitrogens with one attached hydrogen (secondary N) is 1. The summed E-state index contributed by atoms with van der Waals surface area (Å²) < 4.78 is 0. The highest BCUT2D eigenvalue weighted by Crippen LogP contribution is 2.22. The number of aromatic nitrogens is 1. The summed E-state index contributed by atoms with van der Waals surface area (Å²) in [6, 6.07) is 0. The predicted octanol–water partition coefficient (Wildman–Crippen LogP) is 3.40. The van der Waals surface area contributed by atoms with Gasteiger partial charge in [-0.25, -0.2) is 4.98 Å². The first-order valence-electron chi connectivity index (χ1n) is 5.71. The van der Waals surface area contributed by atoms with Crippen molar-refractivity contribution in [2.24, 2.45) is 5.92 Å². The molecule has 0 spiro atoms. The van der Waals surface area contributed by atoms with Crippen molar-refractivity contribution in [2.75, 3.05) is 6.54 Å². The van der Waals surface area contributed by atoms with Gasteiger partial charge in [-0.2, -0.15) is 0 Å². The first kappa shape index (κ1) is 12.7. The lowest BCUT2D eigenvalue weighted by Gasteiger charge is -2.26. The summed E-state index contributed by atoms with van der Waals surface area (Å²) in [7, 11) is 0. The van der Waals surface area contributed by atoms with Crippen molar-refractivity contribution in [3.8, 4) is 0 Å². The van der Waals surface area contributed by atoms with E-state index >= 15 is 0 Å². The van der Waals surface area contributed by atoms with E-state index in [0.717, 1.165) is 12.5 Å². The fourth-order valence-corrected chi connectivity index (χ4v) is 2.37. The number of nitrogens with zero attached hydrogens (tertiary/aromatic N) is 1. The maximum atomic E-state index is 4.37. The fourth-order valence-electron chi connectivity index (χ4n) is 1.63. The lowest BCUT2D eigenvalue weighted by atomic mass is 10.0. The van der Waals surface area contributed by atoms with E-state index in [9.17, 15) is 0 Å². The van der Waals surface area contributed by atoms with Gasteiger partial charge in [-0.15, -0.1) is 11.3 Å². The summed E-state index contributed by atoms with van der Waals surface area (Å²) >= 11 is 1.72. The largest absolute Gasteiger partial charge is 0.306 e. The zero-order valence-electron chi connectivity index (χ0n) is 10.2. The maximum absolute atomic E-state index is 4.37. The minimum Gasteiger partial charge on any atom is -0.306 e. The Morgan fingerprint density at radius 3 is 2.80 bits per heavy atom. The van der Waals surface area contributed by atoms with E-state index in [4.69, 9.17) is 0 Å². The first-order valence-corrected chi connectivity index (χ1v) is 6.59. The van der Waals surface area contributed by atoms with E-state index in [0.29, 0.717) is 0 Å². The Labute approximate surface area is 97.1 Å². The van der Waals surface area contributed by atoms with Crippen LogP contribution in [0.25, 0.3) is 0 Å². The fraction of sp³-hybridized carbons (Fsp3) is 0.750. The molecule has 86 valence electrons. The Morgan fingerprint density at radius 1 is 1.53 bits per heavy atom. The molecule has 1 rings (SSSR count). The van der Waals surface area contributed by atoms with Gasteiger partial charge in [0.2, 0.25) is 0 Å². The number of rotatable bonds is 6. The molecule has 1 N–H and O–H groups in total. The van der Waals surface area contributed by atoms with Crippen LogP contribution < -0.4 is 5.32 Å². The summed E-state index contributed by atoms with van der Waals surface area (Å²) in [5.41, 5.74) is 0.0101. The topological polar surface area (TPSA) is 24.9 Å². The van der Waals surface area contributed by atoms with Gasteiger partial charge in [0, 0.05) is 11.6 Å². The minimum absolute atomic E-state index is 0.0101. The maximum Gasteiger partial charge on any atom is 0.112 e. The lowest BCUT2D eigenvalue weighted by molar-refractivity contribution is 0.354. The summed E-state index contributed by atoms with van der Waals surface area (Å²) in [4.78, 5) is 4.37. The lowest BCUT2D eigenvalue weighted by Crippen LogP contribution is -2.39. The van der Waals surface area contributed by atoms with Gasteiger partial charge in [0.1, 0.15) is 5.01 Å². The highest BCUT2D eigenvalue weighted by molar-refractivity contribution is 7.09. The van der Waals surface area contributed by atoms with E-state index in [1.165, 1.54) is 17.8 Å². The third-order valence-electron chi connectivity index (χ3n) is 2.64. The van der Waals surface area contributed by atoms with Gasteiger partial charge < -0.3 is 5.32 Å². The monoisotopic (exact) mass is 226 g/mol. The third-order valence-corrected chi connectivity index (χ3v) is 3.74. The Hall–Kier alpha value is -0.410. The van der Waals surface area contributed by atoms with Crippen LogP contribution in [0.5, 0.6) is 0 Å². The van der Waals surface area contributed by atoms with Crippen LogP contribution in [0, 0.1) is 5.92 Å². The van der Waals surface area contributed by atoms with Crippen molar-refractivity contribution >= 4 is 11.3 Å². The molecule has 3 heteroatoms. The van der Waals surface area contributed by atoms with Crippen molar-refractivity contribution in [2.45, 2.75) is 46.1 Å². The van der Waals surface area contributed by atoms with Gasteiger partial charge in [-0.05, 0) is 32.7 Å². The van der Waals surface area contributed by atoms with Gasteiger partial charge in [-0.1, -0.05) is 20.3 Å². The van der Waals surface area contributed by atoms with Gasteiger partial charge in [-0.3, -0.25) is 0 Å². The zero-order chi connectivity index (χ0) is 11.3. The second-order valence-corrected chi connectivity index (χ2v) is 5.63. The molecule has 15 heavy (non-hydrogen) atoms. The van der Waals surface area contributed by atoms with Crippen molar-refractivity contribution in [1.82, 2.24) is 10.3 Å². The van der Waals surface area contributed by atoms with Crippen LogP contribution in [0.2, 0.25) is 0 Å². The average molecular weight is 226 g/mol. The molecule has 2 nitrogen and oxygen atoms in total. The summed E-state index contributed by atoms with van der Waals surface area (Å²) in [6.07, 6.45) is 4.43. The highest BCUT2D eigenvalue weighted by Gasteiger charge is 2.22. The van der Waals surface area contributed by atoms with Crippen molar-refractivity contribution in [1.29, 1.82) is 0 Å². The van der Waals surface area contributed by atoms with Crippen LogP contribution >= 0.6 is 11.3 Å². The van der Waals surface area contributed by atoms with E-state index in [2.05, 4.69) is 38.0 Å². The van der Waals surface area contributed by atoms with Crippen LogP contribution in [0.1, 0.15) is 45.5 Å². The molecule has 0 saturated heterocycles. The zero-order valence-corrected chi connectivity index (χ0v) is 11.0. The molecule has 0 aliphatic heterocycles. The molecule has 1 atom stereocenters. The normalized spacial score (nSPS) is 14.1. The molecule has 0 aromatic carbocycles. The molecular weight excluding hydrogens is 204 g/mol. The molecule has 0 amide bonds. The molecule has 1 unspecified atom stereocenters. The molecular formula is C12H22N2S. The van der Waals surface area contributed by atoms with Crippen LogP contribution in [-0.4, -0.2) is 11.5 Å². The van der Waals surface area contributed by atoms with Gasteiger partial charge >= 0.3 is 0 Å². The molecule has 0 aliphatic rings. The Morgan fingerprint density at radius 2 is 2.27 bits per heavy atom. The molecule has 0 radical (unpaired) electrons. The van der Waals surface area contributed by atoms with E-state index in [1.807, 2.05) is 11.6 Å². The average Bonchev–Trinajstić information content (AvgIpc) is 2.69. The Kier molecular flexibility index (Phi) is 4.74.